The standard InChI is InChI=1S/C18H23F5N4O2/c1-10-9-29-7-6-25(10)15-14(20)16(28)26-5-4-13(18(21,22)23)27(17(26)24-15)8-12(19)11-2-3-11/h10-13H,2-9H2,1H3/t10-,12?,13?/m1/s1. The van der Waals surface area contributed by atoms with Gasteiger partial charge in [-0.05, 0) is 32.1 Å². The molecule has 0 amide bonds. The maximum atomic E-state index is 14.8. The predicted octanol–water partition coefficient (Wildman–Crippen LogP) is 2.50. The van der Waals surface area contributed by atoms with E-state index in [9.17, 15) is 26.7 Å². The molecule has 0 bridgehead atoms. The van der Waals surface area contributed by atoms with Gasteiger partial charge in [-0.25, -0.2) is 4.39 Å². The topological polar surface area (TPSA) is 50.6 Å². The smallest absolute Gasteiger partial charge is 0.377 e. The second-order valence-electron chi connectivity index (χ2n) is 7.98. The van der Waals surface area contributed by atoms with E-state index in [1.165, 1.54) is 4.90 Å². The van der Waals surface area contributed by atoms with Gasteiger partial charge in [0, 0.05) is 13.1 Å². The Hall–Kier alpha value is -1.91. The Labute approximate surface area is 164 Å². The van der Waals surface area contributed by atoms with Crippen LogP contribution >= 0.6 is 0 Å². The zero-order valence-corrected chi connectivity index (χ0v) is 16.0. The van der Waals surface area contributed by atoms with Crippen LogP contribution in [0.5, 0.6) is 0 Å². The van der Waals surface area contributed by atoms with Crippen molar-refractivity contribution in [1.29, 1.82) is 0 Å². The van der Waals surface area contributed by atoms with Crippen LogP contribution in [-0.4, -0.2) is 60.3 Å². The third-order valence-corrected chi connectivity index (χ3v) is 5.86. The summed E-state index contributed by atoms with van der Waals surface area (Å²) >= 11 is 0. The lowest BCUT2D eigenvalue weighted by Crippen LogP contribution is -2.55. The monoisotopic (exact) mass is 422 g/mol. The molecule has 0 N–H and O–H groups in total. The van der Waals surface area contributed by atoms with Gasteiger partial charge < -0.3 is 14.5 Å². The zero-order valence-electron chi connectivity index (χ0n) is 16.0. The molecule has 2 fully saturated rings. The van der Waals surface area contributed by atoms with Crippen molar-refractivity contribution in [1.82, 2.24) is 9.55 Å². The SMILES string of the molecule is C[C@@H]1COCCN1c1nc2n(c(=O)c1F)CCC(C(F)(F)F)N2CC(F)C1CC1. The van der Waals surface area contributed by atoms with Gasteiger partial charge in [-0.1, -0.05) is 0 Å². The molecule has 1 saturated carbocycles. The summed E-state index contributed by atoms with van der Waals surface area (Å²) in [6.45, 7) is 1.72. The number of halogens is 5. The average molecular weight is 422 g/mol. The van der Waals surface area contributed by atoms with Crippen molar-refractivity contribution in [2.75, 3.05) is 36.1 Å². The van der Waals surface area contributed by atoms with Crippen molar-refractivity contribution in [3.8, 4) is 0 Å². The van der Waals surface area contributed by atoms with Gasteiger partial charge in [0.05, 0.1) is 25.8 Å². The molecular weight excluding hydrogens is 399 g/mol. The predicted molar refractivity (Wildman–Crippen MR) is 95.5 cm³/mol. The highest BCUT2D eigenvalue weighted by molar-refractivity contribution is 5.49. The van der Waals surface area contributed by atoms with Gasteiger partial charge in [-0.15, -0.1) is 0 Å². The number of hydrogen-bond donors (Lipinski definition) is 0. The first kappa shape index (κ1) is 20.4. The van der Waals surface area contributed by atoms with E-state index in [2.05, 4.69) is 4.98 Å². The minimum absolute atomic E-state index is 0.254. The van der Waals surface area contributed by atoms with Gasteiger partial charge in [0.15, 0.2) is 5.82 Å². The molecule has 29 heavy (non-hydrogen) atoms. The molecule has 3 atom stereocenters. The number of rotatable bonds is 4. The van der Waals surface area contributed by atoms with Gasteiger partial charge >= 0.3 is 6.18 Å². The first-order chi connectivity index (χ1) is 13.7. The molecule has 162 valence electrons. The number of fused-ring (bicyclic) bond motifs is 1. The second-order valence-corrected chi connectivity index (χ2v) is 7.98. The number of ether oxygens (including phenoxy) is 1. The Balaban J connectivity index is 1.78. The Morgan fingerprint density at radius 3 is 2.59 bits per heavy atom. The van der Waals surface area contributed by atoms with E-state index < -0.39 is 42.7 Å². The molecule has 3 aliphatic rings. The van der Waals surface area contributed by atoms with Crippen molar-refractivity contribution in [3.05, 3.63) is 16.2 Å². The van der Waals surface area contributed by atoms with E-state index in [1.54, 1.807) is 6.92 Å². The lowest BCUT2D eigenvalue weighted by atomic mass is 10.1. The molecule has 0 spiro atoms. The molecule has 1 aromatic heterocycles. The summed E-state index contributed by atoms with van der Waals surface area (Å²) in [4.78, 5) is 19.1. The fourth-order valence-corrected chi connectivity index (χ4v) is 4.05. The molecule has 4 rings (SSSR count). The molecule has 0 aromatic carbocycles. The largest absolute Gasteiger partial charge is 0.408 e. The third-order valence-electron chi connectivity index (χ3n) is 5.86. The van der Waals surface area contributed by atoms with Crippen molar-refractivity contribution in [3.63, 3.8) is 0 Å². The van der Waals surface area contributed by atoms with Crippen LogP contribution in [0.25, 0.3) is 0 Å². The minimum Gasteiger partial charge on any atom is -0.377 e. The van der Waals surface area contributed by atoms with Gasteiger partial charge in [0.25, 0.3) is 5.56 Å². The van der Waals surface area contributed by atoms with Crippen molar-refractivity contribution >= 4 is 11.8 Å². The van der Waals surface area contributed by atoms with E-state index in [4.69, 9.17) is 4.74 Å². The normalized spacial score (nSPS) is 26.4. The van der Waals surface area contributed by atoms with Crippen LogP contribution in [0.3, 0.4) is 0 Å². The third kappa shape index (κ3) is 3.80. The van der Waals surface area contributed by atoms with E-state index in [1.807, 2.05) is 0 Å². The van der Waals surface area contributed by atoms with E-state index in [0.29, 0.717) is 12.8 Å². The summed E-state index contributed by atoms with van der Waals surface area (Å²) in [5, 5.41) is 0. The lowest BCUT2D eigenvalue weighted by molar-refractivity contribution is -0.153. The van der Waals surface area contributed by atoms with Crippen LogP contribution in [0.15, 0.2) is 4.79 Å². The van der Waals surface area contributed by atoms with Crippen LogP contribution < -0.4 is 15.4 Å². The quantitative estimate of drug-likeness (QED) is 0.698. The maximum Gasteiger partial charge on any atom is 0.408 e. The number of morpholine rings is 1. The summed E-state index contributed by atoms with van der Waals surface area (Å²) in [6, 6.07) is -2.27. The summed E-state index contributed by atoms with van der Waals surface area (Å²) in [7, 11) is 0. The lowest BCUT2D eigenvalue weighted by Gasteiger charge is -2.41. The maximum absolute atomic E-state index is 14.8. The molecule has 0 radical (unpaired) electrons. The number of alkyl halides is 4. The van der Waals surface area contributed by atoms with Crippen molar-refractivity contribution in [2.24, 2.45) is 5.92 Å². The summed E-state index contributed by atoms with van der Waals surface area (Å²) in [6.07, 6.45) is -5.27. The van der Waals surface area contributed by atoms with E-state index >= 15 is 0 Å². The van der Waals surface area contributed by atoms with Crippen LogP contribution in [0.2, 0.25) is 0 Å². The molecule has 1 saturated heterocycles. The number of aromatic nitrogens is 2. The summed E-state index contributed by atoms with van der Waals surface area (Å²) in [5.74, 6) is -1.99. The van der Waals surface area contributed by atoms with Gasteiger partial charge in [0.1, 0.15) is 12.2 Å². The number of nitrogens with zero attached hydrogens (tertiary/aromatic N) is 4. The molecule has 1 aromatic rings. The second kappa shape index (κ2) is 7.41. The molecule has 11 heteroatoms. The number of anilines is 2. The highest BCUT2D eigenvalue weighted by Crippen LogP contribution is 2.39. The zero-order chi connectivity index (χ0) is 20.9. The molecular formula is C18H23F5N4O2. The summed E-state index contributed by atoms with van der Waals surface area (Å²) < 4.78 is 76.5. The Bertz CT molecular complexity index is 826. The Morgan fingerprint density at radius 1 is 1.24 bits per heavy atom. The van der Waals surface area contributed by atoms with E-state index in [0.717, 1.165) is 9.47 Å². The number of hydrogen-bond acceptors (Lipinski definition) is 5. The fourth-order valence-electron chi connectivity index (χ4n) is 4.05. The Kier molecular flexibility index (Phi) is 5.20. The molecule has 2 unspecified atom stereocenters. The van der Waals surface area contributed by atoms with Gasteiger partial charge in [-0.3, -0.25) is 9.36 Å². The van der Waals surface area contributed by atoms with Crippen LogP contribution in [0.4, 0.5) is 33.7 Å². The van der Waals surface area contributed by atoms with Crippen molar-refractivity contribution < 1.29 is 26.7 Å². The van der Waals surface area contributed by atoms with Gasteiger partial charge in [-0.2, -0.15) is 22.5 Å². The molecule has 1 aliphatic carbocycles. The molecule has 6 nitrogen and oxygen atoms in total. The first-order valence-electron chi connectivity index (χ1n) is 9.80. The van der Waals surface area contributed by atoms with Crippen molar-refractivity contribution in [2.45, 2.75) is 57.2 Å². The van der Waals surface area contributed by atoms with Crippen LogP contribution in [0.1, 0.15) is 26.2 Å². The fraction of sp³-hybridized carbons (Fsp3) is 0.778. The first-order valence-corrected chi connectivity index (χ1v) is 9.80. The van der Waals surface area contributed by atoms with Gasteiger partial charge in [0.2, 0.25) is 11.8 Å². The van der Waals surface area contributed by atoms with Crippen LogP contribution in [0, 0.1) is 11.7 Å². The highest BCUT2D eigenvalue weighted by atomic mass is 19.4. The molecule has 3 heterocycles. The average Bonchev–Trinajstić information content (AvgIpc) is 3.50. The molecule has 2 aliphatic heterocycles. The van der Waals surface area contributed by atoms with Crippen LogP contribution in [-0.2, 0) is 11.3 Å². The Morgan fingerprint density at radius 2 is 1.97 bits per heavy atom. The van der Waals surface area contributed by atoms with E-state index in [-0.39, 0.29) is 50.0 Å². The summed E-state index contributed by atoms with van der Waals surface area (Å²) in [5.41, 5.74) is -1.03. The minimum atomic E-state index is -4.62. The highest BCUT2D eigenvalue weighted by Gasteiger charge is 2.49.